The van der Waals surface area contributed by atoms with E-state index in [4.69, 9.17) is 11.6 Å². The Morgan fingerprint density at radius 2 is 2.11 bits per heavy atom. The number of ether oxygens (including phenoxy) is 1. The van der Waals surface area contributed by atoms with Crippen LogP contribution in [0.3, 0.4) is 0 Å². The maximum Gasteiger partial charge on any atom is 0.351 e. The summed E-state index contributed by atoms with van der Waals surface area (Å²) < 4.78 is 30.4. The zero-order chi connectivity index (χ0) is 13.3. The molecule has 0 aliphatic heterocycles. The lowest BCUT2D eigenvalue weighted by molar-refractivity contribution is 0.0606. The van der Waals surface area contributed by atoms with Gasteiger partial charge >= 0.3 is 5.97 Å². The number of aromatic nitrogens is 1. The number of thiazole rings is 1. The van der Waals surface area contributed by atoms with Crippen LogP contribution in [0.1, 0.15) is 9.67 Å². The predicted molar refractivity (Wildman–Crippen MR) is 63.8 cm³/mol. The van der Waals surface area contributed by atoms with Gasteiger partial charge in [-0.25, -0.2) is 18.6 Å². The number of esters is 1. The second kappa shape index (κ2) is 4.99. The first-order valence-electron chi connectivity index (χ1n) is 4.73. The van der Waals surface area contributed by atoms with Gasteiger partial charge in [0.2, 0.25) is 0 Å². The molecule has 0 fully saturated rings. The van der Waals surface area contributed by atoms with Gasteiger partial charge in [-0.3, -0.25) is 0 Å². The van der Waals surface area contributed by atoms with Gasteiger partial charge in [-0.1, -0.05) is 11.6 Å². The maximum absolute atomic E-state index is 13.1. The molecule has 0 spiro atoms. The van der Waals surface area contributed by atoms with Crippen molar-refractivity contribution >= 4 is 28.9 Å². The first kappa shape index (κ1) is 12.9. The summed E-state index contributed by atoms with van der Waals surface area (Å²) in [7, 11) is 1.22. The normalized spacial score (nSPS) is 10.4. The van der Waals surface area contributed by atoms with Gasteiger partial charge in [0.1, 0.15) is 5.01 Å². The third-order valence-corrected chi connectivity index (χ3v) is 3.59. The molecule has 0 saturated carbocycles. The van der Waals surface area contributed by atoms with Crippen molar-refractivity contribution in [3.05, 3.63) is 39.9 Å². The molecule has 2 rings (SSSR count). The molecule has 0 aliphatic carbocycles. The van der Waals surface area contributed by atoms with Gasteiger partial charge in [0.25, 0.3) is 0 Å². The average Bonchev–Trinajstić information content (AvgIpc) is 2.74. The molecule has 7 heteroatoms. The van der Waals surface area contributed by atoms with Crippen LogP contribution in [-0.4, -0.2) is 18.1 Å². The number of nitrogens with zero attached hydrogens (tertiary/aromatic N) is 1. The van der Waals surface area contributed by atoms with Gasteiger partial charge in [-0.2, -0.15) is 0 Å². The summed E-state index contributed by atoms with van der Waals surface area (Å²) in [5.41, 5.74) is 0.343. The summed E-state index contributed by atoms with van der Waals surface area (Å²) in [4.78, 5) is 15.4. The first-order valence-corrected chi connectivity index (χ1v) is 5.92. The molecule has 1 aromatic carbocycles. The van der Waals surface area contributed by atoms with E-state index >= 15 is 0 Å². The average molecular weight is 290 g/mol. The topological polar surface area (TPSA) is 39.2 Å². The molecule has 1 heterocycles. The summed E-state index contributed by atoms with van der Waals surface area (Å²) >= 11 is 6.72. The van der Waals surface area contributed by atoms with E-state index in [1.807, 2.05) is 0 Å². The summed E-state index contributed by atoms with van der Waals surface area (Å²) in [6.07, 6.45) is 0. The fraction of sp³-hybridized carbons (Fsp3) is 0.0909. The highest BCUT2D eigenvalue weighted by Gasteiger charge is 2.18. The second-order valence-corrected chi connectivity index (χ2v) is 4.62. The molecule has 0 aliphatic rings. The van der Waals surface area contributed by atoms with E-state index in [1.165, 1.54) is 13.2 Å². The Morgan fingerprint density at radius 1 is 1.39 bits per heavy atom. The highest BCUT2D eigenvalue weighted by atomic mass is 35.5. The van der Waals surface area contributed by atoms with E-state index in [2.05, 4.69) is 9.72 Å². The fourth-order valence-electron chi connectivity index (χ4n) is 1.27. The number of carbonyl (C=O) groups excluding carboxylic acids is 1. The predicted octanol–water partition coefficient (Wildman–Crippen LogP) is 3.53. The Balaban J connectivity index is 2.45. The minimum atomic E-state index is -0.988. The van der Waals surface area contributed by atoms with Crippen LogP contribution >= 0.6 is 22.9 Å². The van der Waals surface area contributed by atoms with E-state index in [9.17, 15) is 13.6 Å². The van der Waals surface area contributed by atoms with Crippen molar-refractivity contribution in [2.45, 2.75) is 0 Å². The molecule has 18 heavy (non-hydrogen) atoms. The van der Waals surface area contributed by atoms with E-state index in [1.54, 1.807) is 0 Å². The largest absolute Gasteiger partial charge is 0.465 e. The van der Waals surface area contributed by atoms with Crippen LogP contribution in [0.5, 0.6) is 0 Å². The first-order chi connectivity index (χ1) is 8.52. The van der Waals surface area contributed by atoms with Crippen LogP contribution in [-0.2, 0) is 4.74 Å². The van der Waals surface area contributed by atoms with Gasteiger partial charge in [0.15, 0.2) is 21.7 Å². The van der Waals surface area contributed by atoms with Crippen LogP contribution in [0, 0.1) is 11.6 Å². The second-order valence-electron chi connectivity index (χ2n) is 3.26. The van der Waals surface area contributed by atoms with Crippen molar-refractivity contribution in [2.75, 3.05) is 7.11 Å². The maximum atomic E-state index is 13.1. The Morgan fingerprint density at radius 3 is 2.72 bits per heavy atom. The number of methoxy groups -OCH3 is 1. The number of halogens is 3. The zero-order valence-electron chi connectivity index (χ0n) is 9.04. The number of hydrogen-bond donors (Lipinski definition) is 0. The van der Waals surface area contributed by atoms with Gasteiger partial charge in [0.05, 0.1) is 7.11 Å². The molecule has 3 nitrogen and oxygen atoms in total. The highest BCUT2D eigenvalue weighted by Crippen LogP contribution is 2.31. The lowest BCUT2D eigenvalue weighted by Gasteiger charge is -1.97. The Bertz CT molecular complexity index is 615. The van der Waals surface area contributed by atoms with Crippen LogP contribution in [0.4, 0.5) is 8.78 Å². The summed E-state index contributed by atoms with van der Waals surface area (Å²) in [6.45, 7) is 0. The molecule has 2 aromatic rings. The highest BCUT2D eigenvalue weighted by molar-refractivity contribution is 7.17. The number of rotatable bonds is 2. The fourth-order valence-corrected chi connectivity index (χ4v) is 2.47. The molecular formula is C11H6ClF2NO2S. The molecule has 0 N–H and O–H groups in total. The van der Waals surface area contributed by atoms with E-state index in [0.717, 1.165) is 23.5 Å². The van der Waals surface area contributed by atoms with Gasteiger partial charge < -0.3 is 4.74 Å². The summed E-state index contributed by atoms with van der Waals surface area (Å²) in [5.74, 6) is -2.56. The summed E-state index contributed by atoms with van der Waals surface area (Å²) in [6, 6.07) is 3.33. The van der Waals surface area contributed by atoms with E-state index in [0.29, 0.717) is 10.6 Å². The molecule has 0 amide bonds. The quantitative estimate of drug-likeness (QED) is 0.794. The van der Waals surface area contributed by atoms with E-state index < -0.39 is 17.6 Å². The lowest BCUT2D eigenvalue weighted by Crippen LogP contribution is -1.98. The van der Waals surface area contributed by atoms with Crippen molar-refractivity contribution in [1.82, 2.24) is 4.98 Å². The third-order valence-electron chi connectivity index (χ3n) is 2.12. The summed E-state index contributed by atoms with van der Waals surface area (Å²) in [5, 5.41) is 0.297. The van der Waals surface area contributed by atoms with Crippen molar-refractivity contribution < 1.29 is 18.3 Å². The van der Waals surface area contributed by atoms with Crippen molar-refractivity contribution in [3.63, 3.8) is 0 Å². The van der Waals surface area contributed by atoms with E-state index in [-0.39, 0.29) is 10.0 Å². The molecule has 0 radical (unpaired) electrons. The van der Waals surface area contributed by atoms with Crippen molar-refractivity contribution in [2.24, 2.45) is 0 Å². The minimum absolute atomic E-state index is 0.0217. The minimum Gasteiger partial charge on any atom is -0.465 e. The smallest absolute Gasteiger partial charge is 0.351 e. The monoisotopic (exact) mass is 289 g/mol. The molecule has 0 atom stereocenters. The number of carbonyl (C=O) groups is 1. The standard InChI is InChI=1S/C11H6ClF2NO2S/c1-17-11(16)8-9(12)15-10(18-8)5-2-3-6(13)7(14)4-5/h2-4H,1H3. The van der Waals surface area contributed by atoms with Gasteiger partial charge in [-0.05, 0) is 18.2 Å². The van der Waals surface area contributed by atoms with Gasteiger partial charge in [0, 0.05) is 5.56 Å². The van der Waals surface area contributed by atoms with Gasteiger partial charge in [-0.15, -0.1) is 11.3 Å². The number of benzene rings is 1. The molecule has 0 bridgehead atoms. The van der Waals surface area contributed by atoms with Crippen molar-refractivity contribution in [3.8, 4) is 10.6 Å². The molecule has 0 unspecified atom stereocenters. The van der Waals surface area contributed by atoms with Crippen molar-refractivity contribution in [1.29, 1.82) is 0 Å². The van der Waals surface area contributed by atoms with Crippen LogP contribution in [0.25, 0.3) is 10.6 Å². The zero-order valence-corrected chi connectivity index (χ0v) is 10.6. The lowest BCUT2D eigenvalue weighted by atomic mass is 10.2. The molecule has 1 aromatic heterocycles. The van der Waals surface area contributed by atoms with Crippen LogP contribution in [0.2, 0.25) is 5.15 Å². The molecule has 0 saturated heterocycles. The molecular weight excluding hydrogens is 284 g/mol. The van der Waals surface area contributed by atoms with Crippen LogP contribution in [0.15, 0.2) is 18.2 Å². The Labute approximate surface area is 110 Å². The SMILES string of the molecule is COC(=O)c1sc(-c2ccc(F)c(F)c2)nc1Cl. The Hall–Kier alpha value is -1.53. The third kappa shape index (κ3) is 2.34. The van der Waals surface area contributed by atoms with Crippen LogP contribution < -0.4 is 0 Å². The molecule has 94 valence electrons. The Kier molecular flexibility index (Phi) is 3.58. The number of hydrogen-bond acceptors (Lipinski definition) is 4.